The van der Waals surface area contributed by atoms with E-state index >= 15 is 0 Å². The fourth-order valence-corrected chi connectivity index (χ4v) is 0.483. The van der Waals surface area contributed by atoms with E-state index in [4.69, 9.17) is 0 Å². The van der Waals surface area contributed by atoms with Crippen molar-refractivity contribution in [1.29, 1.82) is 0 Å². The van der Waals surface area contributed by atoms with Gasteiger partial charge in [0, 0.05) is 0 Å². The van der Waals surface area contributed by atoms with Gasteiger partial charge in [-0.25, -0.2) is 0 Å². The number of hydrogen-bond acceptors (Lipinski definition) is 0. The van der Waals surface area contributed by atoms with E-state index < -0.39 is 0 Å². The van der Waals surface area contributed by atoms with Crippen molar-refractivity contribution in [3.8, 4) is 0 Å². The van der Waals surface area contributed by atoms with Crippen LogP contribution in [0, 0.1) is 13.0 Å². The van der Waals surface area contributed by atoms with Gasteiger partial charge in [0.05, 0.1) is 0 Å². The first-order chi connectivity index (χ1) is 3.39. The molecule has 0 aromatic heterocycles. The van der Waals surface area contributed by atoms with Gasteiger partial charge in [0.1, 0.15) is 0 Å². The second kappa shape index (κ2) is 9.21. The van der Waals surface area contributed by atoms with Crippen molar-refractivity contribution in [2.24, 2.45) is 0 Å². The summed E-state index contributed by atoms with van der Waals surface area (Å²) in [4.78, 5) is 0. The molecule has 0 saturated heterocycles. The summed E-state index contributed by atoms with van der Waals surface area (Å²) >= 11 is 0. The molecule has 0 unspecified atom stereocenters. The molecule has 3 heteroatoms. The molecule has 52 valence electrons. The minimum atomic E-state index is 0. The molecule has 0 nitrogen and oxygen atoms in total. The van der Waals surface area contributed by atoms with Crippen LogP contribution in [0.4, 0.5) is 0 Å². The first kappa shape index (κ1) is 16.7. The molecule has 0 amide bonds. The Labute approximate surface area is 82.9 Å². The van der Waals surface area contributed by atoms with Crippen molar-refractivity contribution in [3.63, 3.8) is 0 Å². The third-order valence-electron chi connectivity index (χ3n) is 0.865. The second-order valence-electron chi connectivity index (χ2n) is 1.55. The van der Waals surface area contributed by atoms with Gasteiger partial charge in [0.2, 0.25) is 0 Å². The minimum Gasteiger partial charge on any atom is -1.00 e. The molecule has 0 aliphatic carbocycles. The molecule has 0 fully saturated rings. The van der Waals surface area contributed by atoms with Gasteiger partial charge in [0.15, 0.2) is 0 Å². The fraction of sp³-hybridized carbons (Fsp3) is 0.143. The first-order valence-electron chi connectivity index (χ1n) is 2.33. The number of rotatable bonds is 0. The molecule has 10 heavy (non-hydrogen) atoms. The average Bonchev–Trinajstić information content (AvgIpc) is 1.69. The predicted octanol–water partition coefficient (Wildman–Crippen LogP) is -1.16. The van der Waals surface area contributed by atoms with E-state index in [0.29, 0.717) is 0 Å². The van der Waals surface area contributed by atoms with Crippen LogP contribution >= 0.6 is 12.4 Å². The Balaban J connectivity index is -0.000000163. The Morgan fingerprint density at radius 3 is 2.10 bits per heavy atom. The molecule has 0 saturated carbocycles. The van der Waals surface area contributed by atoms with Gasteiger partial charge < -0.3 is 4.70 Å². The zero-order chi connectivity index (χ0) is 5.11. The van der Waals surface area contributed by atoms with Gasteiger partial charge in [-0.3, -0.25) is 0 Å². The van der Waals surface area contributed by atoms with Gasteiger partial charge in [-0.2, -0.15) is 35.9 Å². The molecule has 0 bridgehead atoms. The standard InChI is InChI=1S/C7H7.ClH.FH.Mg/c1-7-5-3-2-4-6-7;;;/h2-5H,1H3;2*1H;/q-1;;;+2/p-1. The Morgan fingerprint density at radius 2 is 1.90 bits per heavy atom. The van der Waals surface area contributed by atoms with Crippen LogP contribution in [0.3, 0.4) is 0 Å². The third-order valence-corrected chi connectivity index (χ3v) is 0.865. The molecular formula is C7H8ClFMg. The summed E-state index contributed by atoms with van der Waals surface area (Å²) in [6, 6.07) is 10.9. The molecule has 0 atom stereocenters. The summed E-state index contributed by atoms with van der Waals surface area (Å²) in [5.74, 6) is 0. The van der Waals surface area contributed by atoms with Gasteiger partial charge in [-0.15, -0.1) is 12.4 Å². The number of benzene rings is 1. The van der Waals surface area contributed by atoms with Crippen molar-refractivity contribution in [3.05, 3.63) is 35.9 Å². The monoisotopic (exact) mass is 170 g/mol. The van der Waals surface area contributed by atoms with E-state index in [1.807, 2.05) is 31.2 Å². The summed E-state index contributed by atoms with van der Waals surface area (Å²) in [6.07, 6.45) is 0. The quantitative estimate of drug-likeness (QED) is 0.341. The van der Waals surface area contributed by atoms with Crippen molar-refractivity contribution >= 4 is 35.5 Å². The Kier molecular flexibility index (Phi) is 15.3. The number of hydrogen-bond donors (Lipinski definition) is 0. The summed E-state index contributed by atoms with van der Waals surface area (Å²) < 4.78 is 0. The molecule has 1 rings (SSSR count). The smallest absolute Gasteiger partial charge is 1.00 e. The van der Waals surface area contributed by atoms with Crippen molar-refractivity contribution in [2.45, 2.75) is 6.92 Å². The third kappa shape index (κ3) is 6.33. The van der Waals surface area contributed by atoms with E-state index in [1.54, 1.807) is 0 Å². The van der Waals surface area contributed by atoms with Gasteiger partial charge >= 0.3 is 23.1 Å². The molecule has 0 aliphatic heterocycles. The molecule has 0 N–H and O–H groups in total. The van der Waals surface area contributed by atoms with Crippen molar-refractivity contribution in [1.82, 2.24) is 0 Å². The van der Waals surface area contributed by atoms with Crippen LogP contribution in [0.5, 0.6) is 0 Å². The topological polar surface area (TPSA) is 0 Å². The van der Waals surface area contributed by atoms with Gasteiger partial charge in [0.25, 0.3) is 0 Å². The summed E-state index contributed by atoms with van der Waals surface area (Å²) in [6.45, 7) is 2.03. The number of halogens is 2. The van der Waals surface area contributed by atoms with Gasteiger partial charge in [-0.1, -0.05) is 6.92 Å². The van der Waals surface area contributed by atoms with Crippen molar-refractivity contribution < 1.29 is 4.70 Å². The first-order valence-corrected chi connectivity index (χ1v) is 2.33. The van der Waals surface area contributed by atoms with Crippen LogP contribution in [0.2, 0.25) is 0 Å². The summed E-state index contributed by atoms with van der Waals surface area (Å²) in [5.41, 5.74) is 1.20. The number of aryl methyl sites for hydroxylation is 1. The molecule has 1 aromatic carbocycles. The molecule has 0 heterocycles. The van der Waals surface area contributed by atoms with E-state index in [2.05, 4.69) is 6.07 Å². The summed E-state index contributed by atoms with van der Waals surface area (Å²) in [5, 5.41) is 0. The van der Waals surface area contributed by atoms with Crippen LogP contribution < -0.4 is 4.70 Å². The normalized spacial score (nSPS) is 6.10. The van der Waals surface area contributed by atoms with Crippen LogP contribution in [-0.4, -0.2) is 23.1 Å². The molecule has 0 spiro atoms. The Hall–Kier alpha value is 0.206. The van der Waals surface area contributed by atoms with E-state index in [-0.39, 0.29) is 40.2 Å². The average molecular weight is 171 g/mol. The molecule has 0 aliphatic rings. The van der Waals surface area contributed by atoms with Crippen LogP contribution in [0.25, 0.3) is 0 Å². The van der Waals surface area contributed by atoms with E-state index in [1.165, 1.54) is 5.56 Å². The van der Waals surface area contributed by atoms with Gasteiger partial charge in [-0.05, 0) is 0 Å². The minimum absolute atomic E-state index is 0. The Morgan fingerprint density at radius 1 is 1.30 bits per heavy atom. The molecule has 1 aromatic rings. The Bertz CT molecular complexity index is 144. The maximum absolute atomic E-state index is 3.03. The fourth-order valence-electron chi connectivity index (χ4n) is 0.483. The summed E-state index contributed by atoms with van der Waals surface area (Å²) in [7, 11) is 0. The predicted molar refractivity (Wildman–Crippen MR) is 43.0 cm³/mol. The molecular weight excluding hydrogens is 163 g/mol. The largest absolute Gasteiger partial charge is 2.00 e. The maximum Gasteiger partial charge on any atom is 2.00 e. The zero-order valence-corrected chi connectivity index (χ0v) is 8.03. The second-order valence-corrected chi connectivity index (χ2v) is 1.55. The van der Waals surface area contributed by atoms with Crippen LogP contribution in [0.15, 0.2) is 24.3 Å². The van der Waals surface area contributed by atoms with E-state index in [9.17, 15) is 0 Å². The van der Waals surface area contributed by atoms with Crippen LogP contribution in [0.1, 0.15) is 5.56 Å². The van der Waals surface area contributed by atoms with Crippen molar-refractivity contribution in [2.75, 3.05) is 0 Å². The SMILES string of the molecule is Cc1[c-]cccc1.Cl.[F-].[Mg+2]. The molecule has 0 radical (unpaired) electrons. The van der Waals surface area contributed by atoms with E-state index in [0.717, 1.165) is 0 Å². The maximum atomic E-state index is 3.03. The van der Waals surface area contributed by atoms with Crippen LogP contribution in [-0.2, 0) is 0 Å². The zero-order valence-electron chi connectivity index (χ0n) is 5.80.